The van der Waals surface area contributed by atoms with Crippen LogP contribution in [0.5, 0.6) is 5.75 Å². The molecule has 0 radical (unpaired) electrons. The Bertz CT molecular complexity index is 604. The molecule has 1 amide bonds. The molecule has 0 heterocycles. The summed E-state index contributed by atoms with van der Waals surface area (Å²) in [5, 5.41) is 2.99. The minimum atomic E-state index is -3.10. The zero-order valence-corrected chi connectivity index (χ0v) is 14.8. The molecule has 0 saturated heterocycles. The third-order valence-electron chi connectivity index (χ3n) is 2.63. The zero-order chi connectivity index (χ0) is 15.3. The van der Waals surface area contributed by atoms with Gasteiger partial charge in [0, 0.05) is 15.9 Å². The van der Waals surface area contributed by atoms with E-state index >= 15 is 0 Å². The van der Waals surface area contributed by atoms with Gasteiger partial charge in [0.1, 0.15) is 5.75 Å². The van der Waals surface area contributed by atoms with E-state index in [4.69, 9.17) is 16.3 Å². The maximum atomic E-state index is 12.0. The highest BCUT2D eigenvalue weighted by Gasteiger charge is 2.16. The summed E-state index contributed by atoms with van der Waals surface area (Å²) >= 11 is 8.01. The first-order chi connectivity index (χ1) is 9.30. The maximum absolute atomic E-state index is 12.0. The molecule has 0 aromatic heterocycles. The molecule has 0 aliphatic carbocycles. The molecular weight excluding hydrogens is 417 g/mol. The third-order valence-corrected chi connectivity index (χ3v) is 5.86. The van der Waals surface area contributed by atoms with Crippen molar-refractivity contribution >= 4 is 49.9 Å². The van der Waals surface area contributed by atoms with Crippen LogP contribution in [0.3, 0.4) is 0 Å². The summed E-state index contributed by atoms with van der Waals surface area (Å²) in [5.41, 5.74) is 0.284. The molecule has 0 aliphatic rings. The number of hydrogen-bond donors (Lipinski definition) is 1. The first kappa shape index (κ1) is 17.5. The van der Waals surface area contributed by atoms with Crippen LogP contribution >= 0.6 is 34.2 Å². The van der Waals surface area contributed by atoms with Crippen molar-refractivity contribution in [3.8, 4) is 5.75 Å². The van der Waals surface area contributed by atoms with Gasteiger partial charge in [0.15, 0.2) is 9.84 Å². The van der Waals surface area contributed by atoms with Crippen LogP contribution in [0.15, 0.2) is 12.1 Å². The number of amides is 1. The van der Waals surface area contributed by atoms with Crippen molar-refractivity contribution in [3.05, 3.63) is 26.3 Å². The maximum Gasteiger partial charge on any atom is 0.255 e. The second kappa shape index (κ2) is 7.46. The average molecular weight is 432 g/mol. The number of halogens is 2. The van der Waals surface area contributed by atoms with Gasteiger partial charge in [-0.3, -0.25) is 4.79 Å². The van der Waals surface area contributed by atoms with Crippen LogP contribution in [0, 0.1) is 3.57 Å². The number of ether oxygens (including phenoxy) is 1. The summed E-state index contributed by atoms with van der Waals surface area (Å²) in [6, 6.07) is 3.16. The second-order valence-electron chi connectivity index (χ2n) is 3.96. The molecule has 0 fully saturated rings. The molecule has 0 saturated carbocycles. The van der Waals surface area contributed by atoms with Crippen molar-refractivity contribution in [3.63, 3.8) is 0 Å². The van der Waals surface area contributed by atoms with Gasteiger partial charge in [-0.15, -0.1) is 0 Å². The van der Waals surface area contributed by atoms with Gasteiger partial charge < -0.3 is 10.1 Å². The number of carbonyl (C=O) groups excluding carboxylic acids is 1. The van der Waals surface area contributed by atoms with Gasteiger partial charge >= 0.3 is 0 Å². The van der Waals surface area contributed by atoms with Gasteiger partial charge in [-0.1, -0.05) is 18.5 Å². The quantitative estimate of drug-likeness (QED) is 0.700. The van der Waals surface area contributed by atoms with Crippen molar-refractivity contribution in [2.75, 3.05) is 25.2 Å². The van der Waals surface area contributed by atoms with Crippen molar-refractivity contribution in [2.45, 2.75) is 6.92 Å². The van der Waals surface area contributed by atoms with E-state index in [1.807, 2.05) is 22.6 Å². The van der Waals surface area contributed by atoms with E-state index in [0.29, 0.717) is 10.8 Å². The molecule has 1 rings (SSSR count). The van der Waals surface area contributed by atoms with Crippen LogP contribution in [0.25, 0.3) is 0 Å². The predicted octanol–water partition coefficient (Wildman–Crippen LogP) is 2.12. The minimum Gasteiger partial charge on any atom is -0.496 e. The molecule has 0 atom stereocenters. The van der Waals surface area contributed by atoms with Gasteiger partial charge in [-0.2, -0.15) is 0 Å². The minimum absolute atomic E-state index is 0.0571. The summed E-state index contributed by atoms with van der Waals surface area (Å²) in [4.78, 5) is 12.0. The topological polar surface area (TPSA) is 72.5 Å². The first-order valence-electron chi connectivity index (χ1n) is 5.82. The molecule has 1 N–H and O–H groups in total. The normalized spacial score (nSPS) is 11.2. The van der Waals surface area contributed by atoms with Crippen molar-refractivity contribution in [2.24, 2.45) is 0 Å². The van der Waals surface area contributed by atoms with Crippen LogP contribution in [-0.2, 0) is 9.84 Å². The Morgan fingerprint density at radius 2 is 2.10 bits per heavy atom. The van der Waals surface area contributed by atoms with Crippen LogP contribution < -0.4 is 10.1 Å². The molecule has 0 spiro atoms. The molecule has 5 nitrogen and oxygen atoms in total. The van der Waals surface area contributed by atoms with Crippen LogP contribution in [0.2, 0.25) is 5.02 Å². The zero-order valence-electron chi connectivity index (χ0n) is 11.1. The summed E-state index contributed by atoms with van der Waals surface area (Å²) in [6.07, 6.45) is 0. The number of benzene rings is 1. The Kier molecular flexibility index (Phi) is 6.53. The van der Waals surface area contributed by atoms with Gasteiger partial charge in [0.2, 0.25) is 0 Å². The number of rotatable bonds is 6. The van der Waals surface area contributed by atoms with E-state index in [1.165, 1.54) is 13.2 Å². The highest BCUT2D eigenvalue weighted by Crippen LogP contribution is 2.28. The van der Waals surface area contributed by atoms with Crippen molar-refractivity contribution in [1.82, 2.24) is 5.32 Å². The van der Waals surface area contributed by atoms with Gasteiger partial charge in [0.05, 0.1) is 23.4 Å². The van der Waals surface area contributed by atoms with Crippen molar-refractivity contribution < 1.29 is 17.9 Å². The number of sulfone groups is 1. The molecule has 112 valence electrons. The Morgan fingerprint density at radius 1 is 1.45 bits per heavy atom. The van der Waals surface area contributed by atoms with E-state index in [1.54, 1.807) is 13.0 Å². The standard InChI is InChI=1S/C12H15ClINO4S/c1-3-20(17,18)5-4-15-12(16)8-6-9(13)10(14)7-11(8)19-2/h6-7H,3-5H2,1-2H3,(H,15,16). The van der Waals surface area contributed by atoms with E-state index in [9.17, 15) is 13.2 Å². The lowest BCUT2D eigenvalue weighted by Gasteiger charge is -2.11. The van der Waals surface area contributed by atoms with Crippen LogP contribution in [0.1, 0.15) is 17.3 Å². The molecule has 0 unspecified atom stereocenters. The van der Waals surface area contributed by atoms with E-state index in [-0.39, 0.29) is 23.6 Å². The summed E-state index contributed by atoms with van der Waals surface area (Å²) in [5.74, 6) is -0.0434. The molecule has 20 heavy (non-hydrogen) atoms. The van der Waals surface area contributed by atoms with Crippen LogP contribution in [0.4, 0.5) is 0 Å². The lowest BCUT2D eigenvalue weighted by molar-refractivity contribution is 0.0953. The largest absolute Gasteiger partial charge is 0.496 e. The molecule has 8 heteroatoms. The fourth-order valence-corrected chi connectivity index (χ4v) is 2.74. The smallest absolute Gasteiger partial charge is 0.255 e. The number of methoxy groups -OCH3 is 1. The number of carbonyl (C=O) groups is 1. The molecule has 1 aromatic rings. The van der Waals surface area contributed by atoms with Crippen molar-refractivity contribution in [1.29, 1.82) is 0 Å². The Hall–Kier alpha value is -0.540. The highest BCUT2D eigenvalue weighted by molar-refractivity contribution is 14.1. The van der Waals surface area contributed by atoms with Gasteiger partial charge in [-0.25, -0.2) is 8.42 Å². The molecule has 1 aromatic carbocycles. The molecular formula is C12H15ClINO4S. The van der Waals surface area contributed by atoms with E-state index in [2.05, 4.69) is 5.32 Å². The number of nitrogens with one attached hydrogen (secondary N) is 1. The fourth-order valence-electron chi connectivity index (χ4n) is 1.43. The second-order valence-corrected chi connectivity index (χ2v) is 8.00. The predicted molar refractivity (Wildman–Crippen MR) is 87.4 cm³/mol. The van der Waals surface area contributed by atoms with E-state index in [0.717, 1.165) is 3.57 Å². The summed E-state index contributed by atoms with van der Waals surface area (Å²) < 4.78 is 28.6. The third kappa shape index (κ3) is 4.78. The Morgan fingerprint density at radius 3 is 2.65 bits per heavy atom. The van der Waals surface area contributed by atoms with Gasteiger partial charge in [0.25, 0.3) is 5.91 Å². The number of hydrogen-bond acceptors (Lipinski definition) is 4. The van der Waals surface area contributed by atoms with Gasteiger partial charge in [-0.05, 0) is 34.7 Å². The highest BCUT2D eigenvalue weighted by atomic mass is 127. The first-order valence-corrected chi connectivity index (χ1v) is 9.10. The summed E-state index contributed by atoms with van der Waals surface area (Å²) in [7, 11) is -1.65. The molecule has 0 aliphatic heterocycles. The van der Waals surface area contributed by atoms with E-state index < -0.39 is 15.7 Å². The lowest BCUT2D eigenvalue weighted by atomic mass is 10.2. The Balaban J connectivity index is 2.80. The SMILES string of the molecule is CCS(=O)(=O)CCNC(=O)c1cc(Cl)c(I)cc1OC. The summed E-state index contributed by atoms with van der Waals surface area (Å²) in [6.45, 7) is 1.63. The monoisotopic (exact) mass is 431 g/mol. The lowest BCUT2D eigenvalue weighted by Crippen LogP contribution is -2.29. The molecule has 0 bridgehead atoms. The Labute approximate surface area is 137 Å². The fraction of sp³-hybridized carbons (Fsp3) is 0.417. The van der Waals surface area contributed by atoms with Crippen LogP contribution in [-0.4, -0.2) is 39.5 Å². The average Bonchev–Trinajstić information content (AvgIpc) is 2.41.